The number of carbonyl (C=O) groups is 1. The van der Waals surface area contributed by atoms with Gasteiger partial charge in [0.25, 0.3) is 10.0 Å². The minimum Gasteiger partial charge on any atom is -0.495 e. The third kappa shape index (κ3) is 4.08. The fraction of sp³-hybridized carbons (Fsp3) is 0.240. The van der Waals surface area contributed by atoms with Gasteiger partial charge in [0.1, 0.15) is 5.75 Å². The van der Waals surface area contributed by atoms with E-state index in [1.54, 1.807) is 43.3 Å². The van der Waals surface area contributed by atoms with Crippen LogP contribution in [0.4, 0.5) is 11.4 Å². The molecule has 0 aliphatic heterocycles. The highest BCUT2D eigenvalue weighted by molar-refractivity contribution is 7.92. The van der Waals surface area contributed by atoms with Crippen molar-refractivity contribution in [1.29, 1.82) is 0 Å². The molecule has 6 nitrogen and oxygen atoms in total. The Morgan fingerprint density at radius 3 is 2.31 bits per heavy atom. The molecule has 4 rings (SSSR count). The Morgan fingerprint density at radius 1 is 0.969 bits per heavy atom. The lowest BCUT2D eigenvalue weighted by Crippen LogP contribution is -2.46. The summed E-state index contributed by atoms with van der Waals surface area (Å²) in [5.41, 5.74) is 1.79. The zero-order valence-corrected chi connectivity index (χ0v) is 18.9. The molecule has 0 bridgehead atoms. The average molecular weight is 451 g/mol. The van der Waals surface area contributed by atoms with Gasteiger partial charge in [-0.15, -0.1) is 0 Å². The Morgan fingerprint density at radius 2 is 1.66 bits per heavy atom. The number of aryl methyl sites for hydroxylation is 1. The number of carbonyl (C=O) groups excluding carboxylic acids is 1. The number of hydrogen-bond acceptors (Lipinski definition) is 4. The highest BCUT2D eigenvalue weighted by Gasteiger charge is 2.45. The SMILES string of the molecule is COc1ccccc1NS(=O)(=O)c1cc(NC(=O)C2(c3ccccc3)CCC2)ccc1C. The second kappa shape index (κ2) is 8.67. The minimum absolute atomic E-state index is 0.101. The number of amides is 1. The monoisotopic (exact) mass is 450 g/mol. The maximum atomic E-state index is 13.2. The van der Waals surface area contributed by atoms with Crippen LogP contribution in [0.5, 0.6) is 5.75 Å². The Balaban J connectivity index is 1.61. The fourth-order valence-electron chi connectivity index (χ4n) is 4.08. The van der Waals surface area contributed by atoms with Gasteiger partial charge in [0, 0.05) is 5.69 Å². The van der Waals surface area contributed by atoms with E-state index in [0.717, 1.165) is 24.8 Å². The molecule has 1 aliphatic carbocycles. The van der Waals surface area contributed by atoms with Crippen molar-refractivity contribution in [2.24, 2.45) is 0 Å². The van der Waals surface area contributed by atoms with Gasteiger partial charge >= 0.3 is 0 Å². The third-order valence-corrected chi connectivity index (χ3v) is 7.56. The van der Waals surface area contributed by atoms with Crippen LogP contribution in [0.3, 0.4) is 0 Å². The van der Waals surface area contributed by atoms with Crippen molar-refractivity contribution in [3.05, 3.63) is 83.9 Å². The van der Waals surface area contributed by atoms with Gasteiger partial charge < -0.3 is 10.1 Å². The first kappa shape index (κ1) is 21.9. The molecule has 0 radical (unpaired) electrons. The van der Waals surface area contributed by atoms with E-state index in [2.05, 4.69) is 10.0 Å². The molecule has 3 aromatic carbocycles. The van der Waals surface area contributed by atoms with Crippen LogP contribution in [0.2, 0.25) is 0 Å². The summed E-state index contributed by atoms with van der Waals surface area (Å²) in [7, 11) is -2.41. The van der Waals surface area contributed by atoms with Crippen molar-refractivity contribution in [2.45, 2.75) is 36.5 Å². The number of sulfonamides is 1. The molecule has 7 heteroatoms. The van der Waals surface area contributed by atoms with Gasteiger partial charge in [-0.05, 0) is 55.2 Å². The van der Waals surface area contributed by atoms with E-state index >= 15 is 0 Å². The molecule has 0 saturated heterocycles. The van der Waals surface area contributed by atoms with Crippen LogP contribution in [0.15, 0.2) is 77.7 Å². The molecule has 2 N–H and O–H groups in total. The summed E-state index contributed by atoms with van der Waals surface area (Å²) in [6, 6.07) is 21.5. The van der Waals surface area contributed by atoms with Gasteiger partial charge in [-0.1, -0.05) is 55.0 Å². The molecule has 1 amide bonds. The van der Waals surface area contributed by atoms with Crippen LogP contribution in [0, 0.1) is 6.92 Å². The number of rotatable bonds is 7. The van der Waals surface area contributed by atoms with Gasteiger partial charge in [0.05, 0.1) is 23.1 Å². The quantitative estimate of drug-likeness (QED) is 0.538. The normalized spacial score (nSPS) is 14.8. The molecule has 0 heterocycles. The largest absolute Gasteiger partial charge is 0.495 e. The van der Waals surface area contributed by atoms with Crippen molar-refractivity contribution in [3.8, 4) is 5.75 Å². The standard InChI is InChI=1S/C25H26N2O4S/c1-18-13-14-20(26-24(28)25(15-8-16-25)19-9-4-3-5-10-19)17-23(18)32(29,30)27-21-11-6-7-12-22(21)31-2/h3-7,9-14,17,27H,8,15-16H2,1-2H3,(H,26,28). The molecule has 1 aliphatic rings. The van der Waals surface area contributed by atoms with Crippen LogP contribution in [0.25, 0.3) is 0 Å². The van der Waals surface area contributed by atoms with E-state index in [4.69, 9.17) is 4.74 Å². The van der Waals surface area contributed by atoms with Gasteiger partial charge in [-0.3, -0.25) is 9.52 Å². The lowest BCUT2D eigenvalue weighted by molar-refractivity contribution is -0.124. The molecule has 32 heavy (non-hydrogen) atoms. The second-order valence-electron chi connectivity index (χ2n) is 8.04. The number of nitrogens with one attached hydrogen (secondary N) is 2. The minimum atomic E-state index is -3.90. The summed E-state index contributed by atoms with van der Waals surface area (Å²) in [6.45, 7) is 1.72. The van der Waals surface area contributed by atoms with Crippen LogP contribution in [-0.2, 0) is 20.2 Å². The first-order valence-corrected chi connectivity index (χ1v) is 12.0. The Bertz CT molecular complexity index is 1240. The molecular formula is C25H26N2O4S. The van der Waals surface area contributed by atoms with Crippen LogP contribution >= 0.6 is 0 Å². The van der Waals surface area contributed by atoms with E-state index in [0.29, 0.717) is 22.7 Å². The molecule has 0 spiro atoms. The number of ether oxygens (including phenoxy) is 1. The van der Waals surface area contributed by atoms with Crippen molar-refractivity contribution in [3.63, 3.8) is 0 Å². The first-order valence-electron chi connectivity index (χ1n) is 10.5. The topological polar surface area (TPSA) is 84.5 Å². The molecular weight excluding hydrogens is 424 g/mol. The summed E-state index contributed by atoms with van der Waals surface area (Å²) in [5, 5.41) is 2.95. The van der Waals surface area contributed by atoms with Crippen molar-refractivity contribution >= 4 is 27.3 Å². The second-order valence-corrected chi connectivity index (χ2v) is 9.69. The average Bonchev–Trinajstić information content (AvgIpc) is 2.75. The van der Waals surface area contributed by atoms with Crippen molar-refractivity contribution in [1.82, 2.24) is 0 Å². The predicted octanol–water partition coefficient (Wildman–Crippen LogP) is 4.86. The maximum Gasteiger partial charge on any atom is 0.262 e. The number of hydrogen-bond donors (Lipinski definition) is 2. The van der Waals surface area contributed by atoms with E-state index < -0.39 is 15.4 Å². The smallest absolute Gasteiger partial charge is 0.262 e. The maximum absolute atomic E-state index is 13.2. The Labute approximate surface area is 188 Å². The van der Waals surface area contributed by atoms with Crippen molar-refractivity contribution in [2.75, 3.05) is 17.1 Å². The zero-order chi connectivity index (χ0) is 22.8. The molecule has 0 atom stereocenters. The lowest BCUT2D eigenvalue weighted by Gasteiger charge is -2.40. The van der Waals surface area contributed by atoms with Crippen LogP contribution in [0.1, 0.15) is 30.4 Å². The number of benzene rings is 3. The molecule has 0 aromatic heterocycles. The molecule has 1 saturated carbocycles. The molecule has 3 aromatic rings. The van der Waals surface area contributed by atoms with E-state index in [-0.39, 0.29) is 10.8 Å². The molecule has 0 unspecified atom stereocenters. The highest BCUT2D eigenvalue weighted by atomic mass is 32.2. The zero-order valence-electron chi connectivity index (χ0n) is 18.1. The summed E-state index contributed by atoms with van der Waals surface area (Å²) in [5.74, 6) is 0.313. The van der Waals surface area contributed by atoms with Crippen LogP contribution in [-0.4, -0.2) is 21.4 Å². The molecule has 1 fully saturated rings. The fourth-order valence-corrected chi connectivity index (χ4v) is 5.42. The highest BCUT2D eigenvalue weighted by Crippen LogP contribution is 2.44. The predicted molar refractivity (Wildman–Crippen MR) is 126 cm³/mol. The summed E-state index contributed by atoms with van der Waals surface area (Å²) >= 11 is 0. The Hall–Kier alpha value is -3.32. The van der Waals surface area contributed by atoms with E-state index in [1.165, 1.54) is 13.2 Å². The first-order chi connectivity index (χ1) is 15.4. The lowest BCUT2D eigenvalue weighted by atomic mass is 9.64. The number of methoxy groups -OCH3 is 1. The van der Waals surface area contributed by atoms with Gasteiger partial charge in [-0.25, -0.2) is 8.42 Å². The van der Waals surface area contributed by atoms with E-state index in [9.17, 15) is 13.2 Å². The summed E-state index contributed by atoms with van der Waals surface area (Å²) < 4.78 is 34.1. The number of para-hydroxylation sites is 2. The molecule has 166 valence electrons. The van der Waals surface area contributed by atoms with E-state index in [1.807, 2.05) is 30.3 Å². The van der Waals surface area contributed by atoms with Crippen LogP contribution < -0.4 is 14.8 Å². The van der Waals surface area contributed by atoms with Gasteiger partial charge in [0.2, 0.25) is 5.91 Å². The Kier molecular flexibility index (Phi) is 5.93. The summed E-state index contributed by atoms with van der Waals surface area (Å²) in [6.07, 6.45) is 2.53. The number of anilines is 2. The summed E-state index contributed by atoms with van der Waals surface area (Å²) in [4.78, 5) is 13.3. The van der Waals surface area contributed by atoms with Crippen molar-refractivity contribution < 1.29 is 17.9 Å². The third-order valence-electron chi connectivity index (χ3n) is 6.05. The van der Waals surface area contributed by atoms with Gasteiger partial charge in [0.15, 0.2) is 0 Å². The van der Waals surface area contributed by atoms with Gasteiger partial charge in [-0.2, -0.15) is 0 Å².